The molecule has 1 atom stereocenters. The Morgan fingerprint density at radius 2 is 1.60 bits per heavy atom. The number of para-hydroxylation sites is 1. The fraction of sp³-hybridized carbons (Fsp3) is 0.235. The Kier molecular flexibility index (Phi) is 4.22. The van der Waals surface area contributed by atoms with Crippen molar-refractivity contribution in [3.63, 3.8) is 0 Å². The van der Waals surface area contributed by atoms with E-state index in [1.54, 1.807) is 31.2 Å². The summed E-state index contributed by atoms with van der Waals surface area (Å²) < 4.78 is 0. The first-order valence-electron chi connectivity index (χ1n) is 7.59. The summed E-state index contributed by atoms with van der Waals surface area (Å²) in [6.07, 6.45) is 1.38. The summed E-state index contributed by atoms with van der Waals surface area (Å²) in [7, 11) is 2.99. The number of rotatable bonds is 2. The summed E-state index contributed by atoms with van der Waals surface area (Å²) >= 11 is 5.05. The van der Waals surface area contributed by atoms with Crippen molar-refractivity contribution in [2.45, 2.75) is 6.92 Å². The highest BCUT2D eigenvalue weighted by Crippen LogP contribution is 2.26. The van der Waals surface area contributed by atoms with E-state index < -0.39 is 17.7 Å². The van der Waals surface area contributed by atoms with E-state index in [1.165, 1.54) is 35.0 Å². The molecule has 3 rings (SSSR count). The molecule has 1 aromatic carbocycles. The van der Waals surface area contributed by atoms with Crippen molar-refractivity contribution >= 4 is 46.5 Å². The number of carbonyl (C=O) groups is 3. The van der Waals surface area contributed by atoms with Gasteiger partial charge in [0.25, 0.3) is 17.7 Å². The molecule has 0 saturated carbocycles. The van der Waals surface area contributed by atoms with Crippen molar-refractivity contribution in [1.82, 2.24) is 9.80 Å². The van der Waals surface area contributed by atoms with Crippen LogP contribution in [0.1, 0.15) is 6.92 Å². The highest BCUT2D eigenvalue weighted by atomic mass is 32.1. The molecule has 3 amide bonds. The van der Waals surface area contributed by atoms with Gasteiger partial charge in [-0.05, 0) is 37.4 Å². The Hall–Kier alpha value is -2.87. The molecule has 0 unspecified atom stereocenters. The average molecular weight is 356 g/mol. The van der Waals surface area contributed by atoms with E-state index in [4.69, 9.17) is 12.2 Å². The first kappa shape index (κ1) is 17.0. The maximum absolute atomic E-state index is 12.7. The van der Waals surface area contributed by atoms with Gasteiger partial charge in [-0.2, -0.15) is 10.1 Å². The highest BCUT2D eigenvalue weighted by Gasteiger charge is 2.39. The van der Waals surface area contributed by atoms with E-state index in [1.807, 2.05) is 6.07 Å². The molecule has 128 valence electrons. The Morgan fingerprint density at radius 3 is 2.16 bits per heavy atom. The minimum Gasteiger partial charge on any atom is -0.288 e. The largest absolute Gasteiger partial charge is 0.288 e. The molecular weight excluding hydrogens is 340 g/mol. The van der Waals surface area contributed by atoms with Crippen LogP contribution in [-0.2, 0) is 14.4 Å². The number of hydrogen-bond donors (Lipinski definition) is 0. The second kappa shape index (κ2) is 6.21. The van der Waals surface area contributed by atoms with Crippen LogP contribution in [-0.4, -0.2) is 52.4 Å². The van der Waals surface area contributed by atoms with E-state index in [2.05, 4.69) is 5.10 Å². The summed E-state index contributed by atoms with van der Waals surface area (Å²) in [6.45, 7) is 1.69. The van der Waals surface area contributed by atoms with Crippen LogP contribution < -0.4 is 5.01 Å². The molecule has 0 aliphatic carbocycles. The molecular formula is C17H16N4O3S. The van der Waals surface area contributed by atoms with E-state index in [9.17, 15) is 14.4 Å². The summed E-state index contributed by atoms with van der Waals surface area (Å²) in [5, 5.41) is 5.68. The van der Waals surface area contributed by atoms with Crippen molar-refractivity contribution in [2.75, 3.05) is 19.1 Å². The Morgan fingerprint density at radius 1 is 1.04 bits per heavy atom. The fourth-order valence-corrected chi connectivity index (χ4v) is 2.85. The van der Waals surface area contributed by atoms with Crippen LogP contribution in [0.3, 0.4) is 0 Å². The highest BCUT2D eigenvalue weighted by molar-refractivity contribution is 7.80. The molecule has 8 heteroatoms. The van der Waals surface area contributed by atoms with Gasteiger partial charge in [0.15, 0.2) is 5.11 Å². The lowest BCUT2D eigenvalue weighted by atomic mass is 9.98. The zero-order valence-electron chi connectivity index (χ0n) is 14.0. The normalized spacial score (nSPS) is 21.2. The fourth-order valence-electron chi connectivity index (χ4n) is 2.69. The van der Waals surface area contributed by atoms with Crippen molar-refractivity contribution in [3.8, 4) is 0 Å². The number of nitrogens with zero attached hydrogens (tertiary/aromatic N) is 4. The van der Waals surface area contributed by atoms with Gasteiger partial charge in [-0.3, -0.25) is 24.2 Å². The summed E-state index contributed by atoms with van der Waals surface area (Å²) in [4.78, 5) is 39.9. The molecule has 2 aliphatic heterocycles. The third kappa shape index (κ3) is 2.74. The number of thiocarbonyl (C=S) groups is 1. The number of hydrogen-bond acceptors (Lipinski definition) is 5. The van der Waals surface area contributed by atoms with Crippen LogP contribution in [0.2, 0.25) is 0 Å². The van der Waals surface area contributed by atoms with Crippen LogP contribution in [0.25, 0.3) is 0 Å². The molecule has 7 nitrogen and oxygen atoms in total. The van der Waals surface area contributed by atoms with Crippen LogP contribution in [0, 0.1) is 5.92 Å². The Labute approximate surface area is 150 Å². The standard InChI is InChI=1S/C17H16N4O3S/c1-10-12(16(24)21(18-10)11-7-5-4-6-8-11)9-13-14(22)19(2)17(25)20(3)15(13)23/h4-9,12H,1-3H3/t12-/m1/s1. The summed E-state index contributed by atoms with van der Waals surface area (Å²) in [5.41, 5.74) is 1.06. The predicted molar refractivity (Wildman–Crippen MR) is 96.7 cm³/mol. The van der Waals surface area contributed by atoms with Crippen molar-refractivity contribution in [1.29, 1.82) is 0 Å². The van der Waals surface area contributed by atoms with E-state index in [0.29, 0.717) is 11.4 Å². The van der Waals surface area contributed by atoms with Gasteiger partial charge in [0.05, 0.1) is 17.3 Å². The van der Waals surface area contributed by atoms with Crippen LogP contribution in [0.4, 0.5) is 5.69 Å². The van der Waals surface area contributed by atoms with Gasteiger partial charge < -0.3 is 0 Å². The lowest BCUT2D eigenvalue weighted by Gasteiger charge is -2.32. The Bertz CT molecular complexity index is 821. The minimum absolute atomic E-state index is 0.0820. The van der Waals surface area contributed by atoms with Crippen molar-refractivity contribution in [2.24, 2.45) is 11.0 Å². The molecule has 2 heterocycles. The van der Waals surface area contributed by atoms with E-state index in [0.717, 1.165) is 0 Å². The first-order chi connectivity index (χ1) is 11.8. The number of amides is 3. The number of anilines is 1. The molecule has 2 aliphatic rings. The molecule has 0 spiro atoms. The van der Waals surface area contributed by atoms with Gasteiger partial charge in [0.2, 0.25) is 0 Å². The lowest BCUT2D eigenvalue weighted by Crippen LogP contribution is -2.53. The van der Waals surface area contributed by atoms with Crippen LogP contribution in [0.5, 0.6) is 0 Å². The Balaban J connectivity index is 1.95. The molecule has 1 aromatic rings. The summed E-state index contributed by atoms with van der Waals surface area (Å²) in [6, 6.07) is 8.98. The topological polar surface area (TPSA) is 73.3 Å². The minimum atomic E-state index is -0.767. The number of carbonyl (C=O) groups excluding carboxylic acids is 3. The lowest BCUT2D eigenvalue weighted by molar-refractivity contribution is -0.132. The molecule has 1 fully saturated rings. The molecule has 0 aromatic heterocycles. The molecule has 25 heavy (non-hydrogen) atoms. The number of benzene rings is 1. The quantitative estimate of drug-likeness (QED) is 0.453. The molecule has 0 N–H and O–H groups in total. The van der Waals surface area contributed by atoms with E-state index in [-0.39, 0.29) is 16.6 Å². The van der Waals surface area contributed by atoms with Gasteiger partial charge in [0, 0.05) is 14.1 Å². The van der Waals surface area contributed by atoms with Crippen LogP contribution >= 0.6 is 12.2 Å². The summed E-state index contributed by atoms with van der Waals surface area (Å²) in [5.74, 6) is -2.12. The zero-order valence-corrected chi connectivity index (χ0v) is 14.8. The smallest absolute Gasteiger partial charge is 0.265 e. The molecule has 0 radical (unpaired) electrons. The van der Waals surface area contributed by atoms with E-state index >= 15 is 0 Å². The number of hydrazone groups is 1. The maximum atomic E-state index is 12.7. The molecule has 0 bridgehead atoms. The average Bonchev–Trinajstić information content (AvgIpc) is 2.90. The monoisotopic (exact) mass is 356 g/mol. The third-order valence-electron chi connectivity index (χ3n) is 4.16. The van der Waals surface area contributed by atoms with Crippen LogP contribution in [0.15, 0.2) is 47.1 Å². The molecule has 1 saturated heterocycles. The third-order valence-corrected chi connectivity index (χ3v) is 4.71. The second-order valence-corrected chi connectivity index (χ2v) is 6.16. The number of likely N-dealkylation sites (N-methyl/N-ethyl adjacent to an activating group) is 2. The maximum Gasteiger partial charge on any atom is 0.265 e. The predicted octanol–water partition coefficient (Wildman–Crippen LogP) is 1.17. The van der Waals surface area contributed by atoms with Gasteiger partial charge in [0.1, 0.15) is 5.57 Å². The van der Waals surface area contributed by atoms with Gasteiger partial charge >= 0.3 is 0 Å². The zero-order chi connectivity index (χ0) is 18.3. The van der Waals surface area contributed by atoms with Gasteiger partial charge in [-0.25, -0.2) is 0 Å². The first-order valence-corrected chi connectivity index (χ1v) is 7.99. The SMILES string of the molecule is CC1=NN(c2ccccc2)C(=O)[C@@H]1C=C1C(=O)N(C)C(=S)N(C)C1=O. The second-order valence-electron chi connectivity index (χ2n) is 5.80. The van der Waals surface area contributed by atoms with Gasteiger partial charge in [-0.15, -0.1) is 0 Å². The van der Waals surface area contributed by atoms with Crippen molar-refractivity contribution < 1.29 is 14.4 Å². The van der Waals surface area contributed by atoms with Gasteiger partial charge in [-0.1, -0.05) is 18.2 Å². The van der Waals surface area contributed by atoms with Crippen molar-refractivity contribution in [3.05, 3.63) is 42.0 Å².